The van der Waals surface area contributed by atoms with Crippen LogP contribution in [0, 0.1) is 0 Å². The van der Waals surface area contributed by atoms with Gasteiger partial charge in [0.25, 0.3) is 0 Å². The zero-order valence-electron chi connectivity index (χ0n) is 11.4. The molecule has 0 fully saturated rings. The molecule has 0 aliphatic carbocycles. The number of aromatic nitrogens is 2. The minimum atomic E-state index is -4.71. The number of rotatable bonds is 4. The molecule has 9 heteroatoms. The van der Waals surface area contributed by atoms with Gasteiger partial charge >= 0.3 is 6.36 Å². The van der Waals surface area contributed by atoms with Crippen LogP contribution in [-0.4, -0.2) is 16.3 Å². The quantitative estimate of drug-likeness (QED) is 0.833. The summed E-state index contributed by atoms with van der Waals surface area (Å²) in [5, 5.41) is 3.22. The highest BCUT2D eigenvalue weighted by Gasteiger charge is 2.31. The summed E-state index contributed by atoms with van der Waals surface area (Å²) in [6, 6.07) is 6.78. The number of nitrogens with zero attached hydrogens (tertiary/aromatic N) is 2. The highest BCUT2D eigenvalue weighted by Crippen LogP contribution is 2.25. The van der Waals surface area contributed by atoms with Gasteiger partial charge in [-0.1, -0.05) is 23.7 Å². The van der Waals surface area contributed by atoms with E-state index in [1.165, 1.54) is 30.3 Å². The van der Waals surface area contributed by atoms with E-state index in [1.807, 2.05) is 6.92 Å². The molecule has 0 aliphatic rings. The van der Waals surface area contributed by atoms with E-state index in [4.69, 9.17) is 17.3 Å². The molecule has 2 aromatic rings. The number of ether oxygens (including phenoxy) is 1. The lowest BCUT2D eigenvalue weighted by Gasteiger charge is -2.16. The van der Waals surface area contributed by atoms with Gasteiger partial charge in [-0.3, -0.25) is 0 Å². The van der Waals surface area contributed by atoms with E-state index in [0.29, 0.717) is 5.82 Å². The average Bonchev–Trinajstić information content (AvgIpc) is 2.36. The first kappa shape index (κ1) is 16.2. The fourth-order valence-electron chi connectivity index (χ4n) is 1.77. The van der Waals surface area contributed by atoms with Crippen LogP contribution in [0.4, 0.5) is 24.9 Å². The zero-order valence-corrected chi connectivity index (χ0v) is 12.1. The summed E-state index contributed by atoms with van der Waals surface area (Å²) in [5.74, 6) is 0.162. The molecule has 1 aromatic heterocycles. The van der Waals surface area contributed by atoms with Crippen LogP contribution in [0.15, 0.2) is 30.3 Å². The van der Waals surface area contributed by atoms with Gasteiger partial charge in [0.05, 0.1) is 0 Å². The Kier molecular flexibility index (Phi) is 4.60. The Morgan fingerprint density at radius 1 is 1.23 bits per heavy atom. The largest absolute Gasteiger partial charge is 0.573 e. The van der Waals surface area contributed by atoms with E-state index >= 15 is 0 Å². The molecule has 0 saturated carbocycles. The number of alkyl halides is 3. The average molecular weight is 333 g/mol. The van der Waals surface area contributed by atoms with E-state index in [9.17, 15) is 13.2 Å². The Labute approximate surface area is 129 Å². The first-order valence-corrected chi connectivity index (χ1v) is 6.53. The lowest BCUT2D eigenvalue weighted by molar-refractivity contribution is -0.274. The number of benzene rings is 1. The maximum absolute atomic E-state index is 12.1. The molecule has 118 valence electrons. The third kappa shape index (κ3) is 4.66. The van der Waals surface area contributed by atoms with E-state index in [1.54, 1.807) is 0 Å². The SMILES string of the molecule is CC(Nc1cc(Cl)nc(N)n1)c1ccc(OC(F)(F)F)cc1. The molecule has 0 aliphatic heterocycles. The zero-order chi connectivity index (χ0) is 16.3. The first-order chi connectivity index (χ1) is 10.2. The molecule has 1 aromatic carbocycles. The number of halogens is 4. The van der Waals surface area contributed by atoms with Gasteiger partial charge in [0.2, 0.25) is 5.95 Å². The van der Waals surface area contributed by atoms with Crippen molar-refractivity contribution in [3.63, 3.8) is 0 Å². The number of anilines is 2. The third-order valence-electron chi connectivity index (χ3n) is 2.69. The topological polar surface area (TPSA) is 73.1 Å². The summed E-state index contributed by atoms with van der Waals surface area (Å²) in [7, 11) is 0. The van der Waals surface area contributed by atoms with Crippen molar-refractivity contribution >= 4 is 23.4 Å². The van der Waals surface area contributed by atoms with Gasteiger partial charge in [0, 0.05) is 12.1 Å². The molecule has 2 rings (SSSR count). The van der Waals surface area contributed by atoms with Gasteiger partial charge in [-0.2, -0.15) is 4.98 Å². The predicted octanol–water partition coefficient (Wildman–Crippen LogP) is 3.78. The van der Waals surface area contributed by atoms with Crippen molar-refractivity contribution in [3.8, 4) is 5.75 Å². The van der Waals surface area contributed by atoms with E-state index in [0.717, 1.165) is 5.56 Å². The van der Waals surface area contributed by atoms with Crippen LogP contribution in [-0.2, 0) is 0 Å². The Hall–Kier alpha value is -2.22. The van der Waals surface area contributed by atoms with Crippen molar-refractivity contribution in [2.45, 2.75) is 19.3 Å². The molecule has 0 radical (unpaired) electrons. The molecular weight excluding hydrogens is 321 g/mol. The molecule has 1 atom stereocenters. The molecule has 1 unspecified atom stereocenters. The fraction of sp³-hybridized carbons (Fsp3) is 0.231. The molecular formula is C13H12ClF3N4O. The third-order valence-corrected chi connectivity index (χ3v) is 2.88. The summed E-state index contributed by atoms with van der Waals surface area (Å²) in [6.45, 7) is 1.81. The fourth-order valence-corrected chi connectivity index (χ4v) is 1.96. The monoisotopic (exact) mass is 332 g/mol. The van der Waals surface area contributed by atoms with E-state index < -0.39 is 6.36 Å². The maximum Gasteiger partial charge on any atom is 0.573 e. The van der Waals surface area contributed by atoms with Gasteiger partial charge < -0.3 is 15.8 Å². The Bertz CT molecular complexity index is 628. The van der Waals surface area contributed by atoms with Gasteiger partial charge in [0.15, 0.2) is 0 Å². The van der Waals surface area contributed by atoms with Crippen molar-refractivity contribution in [3.05, 3.63) is 41.0 Å². The van der Waals surface area contributed by atoms with Gasteiger partial charge in [-0.05, 0) is 24.6 Å². The smallest absolute Gasteiger partial charge is 0.406 e. The second kappa shape index (κ2) is 6.27. The van der Waals surface area contributed by atoms with Crippen molar-refractivity contribution in [2.75, 3.05) is 11.1 Å². The summed E-state index contributed by atoms with van der Waals surface area (Å²) >= 11 is 5.77. The number of hydrogen-bond donors (Lipinski definition) is 2. The molecule has 3 N–H and O–H groups in total. The highest BCUT2D eigenvalue weighted by molar-refractivity contribution is 6.29. The summed E-state index contributed by atoms with van der Waals surface area (Å²) in [5.41, 5.74) is 6.22. The lowest BCUT2D eigenvalue weighted by Crippen LogP contribution is -2.17. The lowest BCUT2D eigenvalue weighted by atomic mass is 10.1. The highest BCUT2D eigenvalue weighted by atomic mass is 35.5. The number of nitrogens with one attached hydrogen (secondary N) is 1. The van der Waals surface area contributed by atoms with Gasteiger partial charge in [0.1, 0.15) is 16.7 Å². The molecule has 1 heterocycles. The standard InChI is InChI=1S/C13H12ClF3N4O/c1-7(19-11-6-10(14)20-12(18)21-11)8-2-4-9(5-3-8)22-13(15,16)17/h2-7H,1H3,(H3,18,19,20,21). The van der Waals surface area contributed by atoms with Crippen molar-refractivity contribution in [1.29, 1.82) is 0 Å². The summed E-state index contributed by atoms with van der Waals surface area (Å²) in [6.07, 6.45) is -4.71. The summed E-state index contributed by atoms with van der Waals surface area (Å²) < 4.78 is 40.1. The first-order valence-electron chi connectivity index (χ1n) is 6.15. The van der Waals surface area contributed by atoms with Crippen molar-refractivity contribution < 1.29 is 17.9 Å². The number of nitrogen functional groups attached to an aromatic ring is 1. The van der Waals surface area contributed by atoms with Crippen LogP contribution in [0.25, 0.3) is 0 Å². The second-order valence-electron chi connectivity index (χ2n) is 4.42. The molecule has 0 amide bonds. The van der Waals surface area contributed by atoms with Crippen LogP contribution in [0.1, 0.15) is 18.5 Å². The second-order valence-corrected chi connectivity index (χ2v) is 4.80. The molecule has 0 bridgehead atoms. The van der Waals surface area contributed by atoms with Crippen LogP contribution in [0.2, 0.25) is 5.15 Å². The van der Waals surface area contributed by atoms with E-state index in [2.05, 4.69) is 20.0 Å². The Morgan fingerprint density at radius 3 is 2.41 bits per heavy atom. The molecule has 22 heavy (non-hydrogen) atoms. The molecule has 5 nitrogen and oxygen atoms in total. The van der Waals surface area contributed by atoms with Crippen molar-refractivity contribution in [1.82, 2.24) is 9.97 Å². The number of hydrogen-bond acceptors (Lipinski definition) is 5. The van der Waals surface area contributed by atoms with E-state index in [-0.39, 0.29) is 22.9 Å². The van der Waals surface area contributed by atoms with Gasteiger partial charge in [-0.25, -0.2) is 4.98 Å². The van der Waals surface area contributed by atoms with Crippen LogP contribution in [0.3, 0.4) is 0 Å². The molecule has 0 spiro atoms. The summed E-state index contributed by atoms with van der Waals surface area (Å²) in [4.78, 5) is 7.69. The van der Waals surface area contributed by atoms with Crippen LogP contribution < -0.4 is 15.8 Å². The minimum Gasteiger partial charge on any atom is -0.406 e. The minimum absolute atomic E-state index is 0.0242. The molecule has 0 saturated heterocycles. The Morgan fingerprint density at radius 2 is 1.86 bits per heavy atom. The normalized spacial score (nSPS) is 12.8. The number of nitrogens with two attached hydrogens (primary N) is 1. The van der Waals surface area contributed by atoms with Crippen LogP contribution >= 0.6 is 11.6 Å². The van der Waals surface area contributed by atoms with Crippen LogP contribution in [0.5, 0.6) is 5.75 Å². The maximum atomic E-state index is 12.1. The predicted molar refractivity (Wildman–Crippen MR) is 76.6 cm³/mol. The van der Waals surface area contributed by atoms with Crippen molar-refractivity contribution in [2.24, 2.45) is 0 Å². The Balaban J connectivity index is 2.07. The van der Waals surface area contributed by atoms with Gasteiger partial charge in [-0.15, -0.1) is 13.2 Å².